The van der Waals surface area contributed by atoms with E-state index in [-0.39, 0.29) is 0 Å². The summed E-state index contributed by atoms with van der Waals surface area (Å²) in [5.74, 6) is 2.68. The lowest BCUT2D eigenvalue weighted by Crippen LogP contribution is -2.29. The highest BCUT2D eigenvalue weighted by atomic mass is 16.5. The molecule has 0 radical (unpaired) electrons. The summed E-state index contributed by atoms with van der Waals surface area (Å²) in [4.78, 5) is 0. The third-order valence-corrected chi connectivity index (χ3v) is 4.52. The molecule has 1 aromatic carbocycles. The zero-order valence-electron chi connectivity index (χ0n) is 13.4. The van der Waals surface area contributed by atoms with E-state index in [9.17, 15) is 0 Å². The highest BCUT2D eigenvalue weighted by molar-refractivity contribution is 5.33. The van der Waals surface area contributed by atoms with Gasteiger partial charge in [0.1, 0.15) is 5.75 Å². The molecule has 0 amide bonds. The Balaban J connectivity index is 1.98. The van der Waals surface area contributed by atoms with Crippen LogP contribution in [-0.2, 0) is 6.54 Å². The van der Waals surface area contributed by atoms with Gasteiger partial charge < -0.3 is 10.1 Å². The molecule has 0 aromatic heterocycles. The molecule has 1 aromatic rings. The number of hydrogen-bond donors (Lipinski definition) is 1. The van der Waals surface area contributed by atoms with Crippen LogP contribution < -0.4 is 10.1 Å². The minimum absolute atomic E-state index is 0.390. The first-order chi connectivity index (χ1) is 9.56. The standard InChI is InChI=1S/C18H29NO/c1-13(2)19-12-16-7-5-6-8-18(16)20-17-10-9-14(3)15(4)11-17/h5-8,13-15,17,19H,9-12H2,1-4H3. The van der Waals surface area contributed by atoms with Gasteiger partial charge >= 0.3 is 0 Å². The largest absolute Gasteiger partial charge is 0.490 e. The summed E-state index contributed by atoms with van der Waals surface area (Å²) in [6.45, 7) is 9.95. The molecular weight excluding hydrogens is 246 g/mol. The number of ether oxygens (including phenoxy) is 1. The third-order valence-electron chi connectivity index (χ3n) is 4.52. The first kappa shape index (κ1) is 15.4. The van der Waals surface area contributed by atoms with Crippen LogP contribution in [0.15, 0.2) is 24.3 Å². The summed E-state index contributed by atoms with van der Waals surface area (Å²) in [7, 11) is 0. The number of para-hydroxylation sites is 1. The second-order valence-corrected chi connectivity index (χ2v) is 6.65. The van der Waals surface area contributed by atoms with Crippen molar-refractivity contribution >= 4 is 0 Å². The molecule has 3 unspecified atom stereocenters. The van der Waals surface area contributed by atoms with Crippen LogP contribution in [0.5, 0.6) is 5.75 Å². The van der Waals surface area contributed by atoms with Gasteiger partial charge in [-0.2, -0.15) is 0 Å². The van der Waals surface area contributed by atoms with Crippen molar-refractivity contribution in [3.63, 3.8) is 0 Å². The molecule has 1 fully saturated rings. The molecule has 20 heavy (non-hydrogen) atoms. The maximum Gasteiger partial charge on any atom is 0.124 e. The summed E-state index contributed by atoms with van der Waals surface area (Å²) in [5.41, 5.74) is 1.27. The van der Waals surface area contributed by atoms with E-state index in [1.165, 1.54) is 24.8 Å². The predicted molar refractivity (Wildman–Crippen MR) is 85.0 cm³/mol. The summed E-state index contributed by atoms with van der Waals surface area (Å²) >= 11 is 0. The molecule has 112 valence electrons. The van der Waals surface area contributed by atoms with Crippen molar-refractivity contribution < 1.29 is 4.74 Å². The van der Waals surface area contributed by atoms with Crippen molar-refractivity contribution in [3.05, 3.63) is 29.8 Å². The maximum absolute atomic E-state index is 6.30. The monoisotopic (exact) mass is 275 g/mol. The topological polar surface area (TPSA) is 21.3 Å². The Kier molecular flexibility index (Phi) is 5.47. The van der Waals surface area contributed by atoms with E-state index in [1.807, 2.05) is 0 Å². The molecule has 1 aliphatic carbocycles. The fraction of sp³-hybridized carbons (Fsp3) is 0.667. The first-order valence-corrected chi connectivity index (χ1v) is 8.04. The minimum Gasteiger partial charge on any atom is -0.490 e. The lowest BCUT2D eigenvalue weighted by Gasteiger charge is -2.32. The molecular formula is C18H29NO. The van der Waals surface area contributed by atoms with Gasteiger partial charge in [0.05, 0.1) is 6.10 Å². The van der Waals surface area contributed by atoms with Gasteiger partial charge in [-0.15, -0.1) is 0 Å². The molecule has 0 spiro atoms. The Bertz CT molecular complexity index is 416. The Morgan fingerprint density at radius 1 is 1.15 bits per heavy atom. The second kappa shape index (κ2) is 7.12. The number of benzene rings is 1. The van der Waals surface area contributed by atoms with Crippen molar-refractivity contribution in [2.75, 3.05) is 0 Å². The van der Waals surface area contributed by atoms with Crippen molar-refractivity contribution in [2.24, 2.45) is 11.8 Å². The lowest BCUT2D eigenvalue weighted by molar-refractivity contribution is 0.0995. The third kappa shape index (κ3) is 4.24. The van der Waals surface area contributed by atoms with Gasteiger partial charge in [-0.25, -0.2) is 0 Å². The first-order valence-electron chi connectivity index (χ1n) is 8.04. The Morgan fingerprint density at radius 3 is 2.60 bits per heavy atom. The van der Waals surface area contributed by atoms with Crippen molar-refractivity contribution in [1.29, 1.82) is 0 Å². The highest BCUT2D eigenvalue weighted by Crippen LogP contribution is 2.32. The molecule has 0 bridgehead atoms. The molecule has 0 heterocycles. The van der Waals surface area contributed by atoms with Crippen LogP contribution in [0.3, 0.4) is 0 Å². The average Bonchev–Trinajstić information content (AvgIpc) is 2.42. The lowest BCUT2D eigenvalue weighted by atomic mass is 9.80. The van der Waals surface area contributed by atoms with E-state index in [1.54, 1.807) is 0 Å². The van der Waals surface area contributed by atoms with E-state index >= 15 is 0 Å². The van der Waals surface area contributed by atoms with Gasteiger partial charge in [-0.1, -0.05) is 45.9 Å². The van der Waals surface area contributed by atoms with Gasteiger partial charge in [0.15, 0.2) is 0 Å². The highest BCUT2D eigenvalue weighted by Gasteiger charge is 2.26. The van der Waals surface area contributed by atoms with E-state index in [0.717, 1.165) is 24.1 Å². The molecule has 1 N–H and O–H groups in total. The summed E-state index contributed by atoms with van der Waals surface area (Å²) in [6, 6.07) is 8.94. The van der Waals surface area contributed by atoms with Crippen molar-refractivity contribution in [2.45, 2.75) is 65.6 Å². The summed E-state index contributed by atoms with van der Waals surface area (Å²) in [5, 5.41) is 3.48. The zero-order valence-corrected chi connectivity index (χ0v) is 13.4. The fourth-order valence-electron chi connectivity index (χ4n) is 2.86. The molecule has 3 atom stereocenters. The molecule has 2 rings (SSSR count). The van der Waals surface area contributed by atoms with Crippen LogP contribution >= 0.6 is 0 Å². The number of rotatable bonds is 5. The molecule has 2 heteroatoms. The van der Waals surface area contributed by atoms with E-state index in [4.69, 9.17) is 4.74 Å². The van der Waals surface area contributed by atoms with E-state index < -0.39 is 0 Å². The van der Waals surface area contributed by atoms with Crippen LogP contribution in [0.2, 0.25) is 0 Å². The zero-order chi connectivity index (χ0) is 14.5. The Morgan fingerprint density at radius 2 is 1.90 bits per heavy atom. The van der Waals surface area contributed by atoms with E-state index in [0.29, 0.717) is 12.1 Å². The molecule has 0 aliphatic heterocycles. The van der Waals surface area contributed by atoms with Gasteiger partial charge in [0.25, 0.3) is 0 Å². The number of hydrogen-bond acceptors (Lipinski definition) is 2. The SMILES string of the molecule is CC(C)NCc1ccccc1OC1CCC(C)C(C)C1. The van der Waals surface area contributed by atoms with Gasteiger partial charge in [-0.05, 0) is 37.2 Å². The van der Waals surface area contributed by atoms with E-state index in [2.05, 4.69) is 57.3 Å². The molecule has 0 saturated heterocycles. The van der Waals surface area contributed by atoms with Crippen molar-refractivity contribution in [1.82, 2.24) is 5.32 Å². The normalized spacial score (nSPS) is 26.8. The van der Waals surface area contributed by atoms with Crippen LogP contribution in [0.4, 0.5) is 0 Å². The molecule has 1 aliphatic rings. The van der Waals surface area contributed by atoms with Crippen LogP contribution in [0.25, 0.3) is 0 Å². The summed E-state index contributed by atoms with van der Waals surface area (Å²) < 4.78 is 6.30. The number of nitrogens with one attached hydrogen (secondary N) is 1. The predicted octanol–water partition coefficient (Wildman–Crippen LogP) is 4.39. The van der Waals surface area contributed by atoms with Gasteiger partial charge in [0, 0.05) is 18.2 Å². The molecule has 1 saturated carbocycles. The van der Waals surface area contributed by atoms with Crippen LogP contribution in [0.1, 0.15) is 52.5 Å². The Labute approximate surface area is 123 Å². The average molecular weight is 275 g/mol. The fourth-order valence-corrected chi connectivity index (χ4v) is 2.86. The molecule has 2 nitrogen and oxygen atoms in total. The minimum atomic E-state index is 0.390. The van der Waals surface area contributed by atoms with Gasteiger partial charge in [-0.3, -0.25) is 0 Å². The Hall–Kier alpha value is -1.02. The van der Waals surface area contributed by atoms with Crippen molar-refractivity contribution in [3.8, 4) is 5.75 Å². The van der Waals surface area contributed by atoms with Crippen LogP contribution in [0, 0.1) is 11.8 Å². The smallest absolute Gasteiger partial charge is 0.124 e. The summed E-state index contributed by atoms with van der Waals surface area (Å²) in [6.07, 6.45) is 4.06. The quantitative estimate of drug-likeness (QED) is 0.860. The van der Waals surface area contributed by atoms with Crippen LogP contribution in [-0.4, -0.2) is 12.1 Å². The second-order valence-electron chi connectivity index (χ2n) is 6.65. The maximum atomic E-state index is 6.30. The van der Waals surface area contributed by atoms with Gasteiger partial charge in [0.2, 0.25) is 0 Å².